The Hall–Kier alpha value is -1.92. The summed E-state index contributed by atoms with van der Waals surface area (Å²) in [4.78, 5) is 24.7. The Bertz CT molecular complexity index is 1470. The van der Waals surface area contributed by atoms with Crippen molar-refractivity contribution in [1.82, 2.24) is 5.32 Å². The molecule has 0 saturated heterocycles. The van der Waals surface area contributed by atoms with Crippen LogP contribution in [-0.2, 0) is 14.3 Å². The van der Waals surface area contributed by atoms with Crippen molar-refractivity contribution in [3.8, 4) is 0 Å². The Kier molecular flexibility index (Phi) is 78.8. The van der Waals surface area contributed by atoms with Crippen molar-refractivity contribution in [1.29, 1.82) is 0 Å². The molecule has 0 aliphatic rings. The van der Waals surface area contributed by atoms with Gasteiger partial charge in [-0.25, -0.2) is 0 Å². The summed E-state index contributed by atoms with van der Waals surface area (Å²) in [5.74, 6) is -0.0104. The van der Waals surface area contributed by atoms with E-state index in [4.69, 9.17) is 4.74 Å². The van der Waals surface area contributed by atoms with E-state index >= 15 is 0 Å². The maximum atomic E-state index is 12.6. The number of aliphatic hydroxyl groups is 2. The molecule has 3 N–H and O–H groups in total. The molecule has 1 amide bonds. The van der Waals surface area contributed by atoms with E-state index in [0.717, 1.165) is 44.9 Å². The smallest absolute Gasteiger partial charge is 0.305 e. The van der Waals surface area contributed by atoms with Crippen molar-refractivity contribution in [2.45, 2.75) is 482 Å². The SMILES string of the molecule is CCCCCCCC/C=C\CCCCCCCCCCCC(=O)OCCCCCCCCCCCCC/C=C\C/C=C\CCCCCCCCCCCCCCCCCCCC(=O)NC(CO)C(O)CCCCCCCCCCCCCCCCCCCCCC. The van der Waals surface area contributed by atoms with Gasteiger partial charge in [0, 0.05) is 12.8 Å². The van der Waals surface area contributed by atoms with E-state index in [1.165, 1.54) is 392 Å². The number of carbonyl (C=O) groups is 2. The molecule has 0 spiro atoms. The lowest BCUT2D eigenvalue weighted by Gasteiger charge is -2.22. The predicted octanol–water partition coefficient (Wildman–Crippen LogP) is 27.8. The summed E-state index contributed by atoms with van der Waals surface area (Å²) in [7, 11) is 0. The first-order chi connectivity index (χ1) is 45.0. The van der Waals surface area contributed by atoms with Gasteiger partial charge in [-0.15, -0.1) is 0 Å². The quantitative estimate of drug-likeness (QED) is 0.0320. The summed E-state index contributed by atoms with van der Waals surface area (Å²) < 4.78 is 5.52. The number of ether oxygens (including phenoxy) is 1. The topological polar surface area (TPSA) is 95.9 Å². The van der Waals surface area contributed by atoms with Gasteiger partial charge < -0.3 is 20.3 Å². The normalized spacial score (nSPS) is 12.6. The summed E-state index contributed by atoms with van der Waals surface area (Å²) >= 11 is 0. The molecule has 0 aliphatic carbocycles. The summed E-state index contributed by atoms with van der Waals surface area (Å²) in [5, 5.41) is 23.5. The van der Waals surface area contributed by atoms with Gasteiger partial charge in [-0.1, -0.05) is 410 Å². The number of hydrogen-bond acceptors (Lipinski definition) is 5. The van der Waals surface area contributed by atoms with Crippen LogP contribution in [0, 0.1) is 0 Å². The molecular weight excluding hydrogens is 1110 g/mol. The van der Waals surface area contributed by atoms with Gasteiger partial charge >= 0.3 is 5.97 Å². The fourth-order valence-corrected chi connectivity index (χ4v) is 13.3. The third kappa shape index (κ3) is 77.0. The lowest BCUT2D eigenvalue weighted by atomic mass is 10.0. The number of hydrogen-bond donors (Lipinski definition) is 3. The molecule has 91 heavy (non-hydrogen) atoms. The molecule has 2 atom stereocenters. The maximum absolute atomic E-state index is 12.6. The van der Waals surface area contributed by atoms with Crippen LogP contribution in [0.15, 0.2) is 36.5 Å². The standard InChI is InChI=1S/C85H163NO5/c1-3-5-7-9-11-13-15-17-19-21-23-42-45-49-53-57-61-65-69-73-77-83(88)82(81-87)86-84(89)78-74-70-66-62-58-54-50-46-43-39-37-35-33-31-29-27-25-24-26-28-30-32-34-36-38-40-44-48-52-56-60-64-68-72-76-80-91-85(90)79-75-71-67-63-59-55-51-47-41-22-20-18-16-14-12-10-8-6-4-2/h18,20,26,28,32,34,82-83,87-88H,3-17,19,21-25,27,29-31,33,35-81H2,1-2H3,(H,86,89)/b20-18-,28-26-,34-32-. The van der Waals surface area contributed by atoms with Crippen molar-refractivity contribution in [3.05, 3.63) is 36.5 Å². The summed E-state index contributed by atoms with van der Waals surface area (Å²) in [6.45, 7) is 5.00. The third-order valence-electron chi connectivity index (χ3n) is 19.7. The fourth-order valence-electron chi connectivity index (χ4n) is 13.3. The van der Waals surface area contributed by atoms with Gasteiger partial charge in [-0.3, -0.25) is 9.59 Å². The van der Waals surface area contributed by atoms with Crippen LogP contribution in [0.2, 0.25) is 0 Å². The van der Waals surface area contributed by atoms with Gasteiger partial charge in [0.1, 0.15) is 0 Å². The molecule has 0 aliphatic heterocycles. The minimum Gasteiger partial charge on any atom is -0.466 e. The van der Waals surface area contributed by atoms with Gasteiger partial charge in [0.25, 0.3) is 0 Å². The molecule has 538 valence electrons. The molecule has 0 fully saturated rings. The van der Waals surface area contributed by atoms with Gasteiger partial charge in [0.2, 0.25) is 5.91 Å². The second kappa shape index (κ2) is 80.5. The van der Waals surface area contributed by atoms with Crippen LogP contribution in [-0.4, -0.2) is 47.4 Å². The number of unbranched alkanes of at least 4 members (excludes halogenated alkanes) is 62. The number of nitrogens with one attached hydrogen (secondary N) is 1. The lowest BCUT2D eigenvalue weighted by Crippen LogP contribution is -2.45. The van der Waals surface area contributed by atoms with Crippen LogP contribution >= 0.6 is 0 Å². The highest BCUT2D eigenvalue weighted by Gasteiger charge is 2.20. The number of esters is 1. The van der Waals surface area contributed by atoms with Gasteiger partial charge in [-0.05, 0) is 83.5 Å². The summed E-state index contributed by atoms with van der Waals surface area (Å²) in [5.41, 5.74) is 0. The van der Waals surface area contributed by atoms with Crippen molar-refractivity contribution in [2.75, 3.05) is 13.2 Å². The highest BCUT2D eigenvalue weighted by atomic mass is 16.5. The van der Waals surface area contributed by atoms with Crippen LogP contribution in [0.25, 0.3) is 0 Å². The first-order valence-electron chi connectivity index (χ1n) is 41.7. The molecule has 0 radical (unpaired) electrons. The molecule has 6 heteroatoms. The van der Waals surface area contributed by atoms with Crippen LogP contribution in [0.4, 0.5) is 0 Å². The number of carbonyl (C=O) groups excluding carboxylic acids is 2. The Morgan fingerprint density at radius 3 is 0.846 bits per heavy atom. The monoisotopic (exact) mass is 1280 g/mol. The lowest BCUT2D eigenvalue weighted by molar-refractivity contribution is -0.143. The van der Waals surface area contributed by atoms with Crippen LogP contribution in [0.1, 0.15) is 470 Å². The van der Waals surface area contributed by atoms with E-state index < -0.39 is 12.1 Å². The van der Waals surface area contributed by atoms with Gasteiger partial charge in [-0.2, -0.15) is 0 Å². The van der Waals surface area contributed by atoms with Crippen LogP contribution in [0.5, 0.6) is 0 Å². The molecule has 0 aromatic rings. The first kappa shape index (κ1) is 89.1. The highest BCUT2D eigenvalue weighted by molar-refractivity contribution is 5.76. The second-order valence-electron chi connectivity index (χ2n) is 28.8. The van der Waals surface area contributed by atoms with Crippen molar-refractivity contribution in [3.63, 3.8) is 0 Å². The average molecular weight is 1280 g/mol. The Balaban J connectivity index is 3.36. The number of amides is 1. The molecule has 2 unspecified atom stereocenters. The van der Waals surface area contributed by atoms with Crippen molar-refractivity contribution >= 4 is 11.9 Å². The fraction of sp³-hybridized carbons (Fsp3) is 0.906. The molecule has 0 aromatic carbocycles. The molecule has 0 aromatic heterocycles. The summed E-state index contributed by atoms with van der Waals surface area (Å²) in [6.07, 6.45) is 105. The molecular formula is C85H163NO5. The second-order valence-corrected chi connectivity index (χ2v) is 28.8. The Morgan fingerprint density at radius 2 is 0.549 bits per heavy atom. The summed E-state index contributed by atoms with van der Waals surface area (Å²) in [6, 6.07) is -0.541. The number of aliphatic hydroxyl groups excluding tert-OH is 2. The van der Waals surface area contributed by atoms with E-state index in [1.807, 2.05) is 0 Å². The molecule has 0 bridgehead atoms. The minimum atomic E-state index is -0.664. The van der Waals surface area contributed by atoms with E-state index in [1.54, 1.807) is 0 Å². The zero-order valence-electron chi connectivity index (χ0n) is 61.9. The molecule has 6 nitrogen and oxygen atoms in total. The van der Waals surface area contributed by atoms with Crippen LogP contribution < -0.4 is 5.32 Å². The van der Waals surface area contributed by atoms with Gasteiger partial charge in [0.05, 0.1) is 25.4 Å². The van der Waals surface area contributed by atoms with E-state index in [2.05, 4.69) is 55.6 Å². The number of rotatable bonds is 79. The average Bonchev–Trinajstić information content (AvgIpc) is 3.74. The van der Waals surface area contributed by atoms with E-state index in [-0.39, 0.29) is 18.5 Å². The Morgan fingerprint density at radius 1 is 0.308 bits per heavy atom. The molecule has 0 heterocycles. The van der Waals surface area contributed by atoms with Gasteiger partial charge in [0.15, 0.2) is 0 Å². The predicted molar refractivity (Wildman–Crippen MR) is 403 cm³/mol. The zero-order valence-corrected chi connectivity index (χ0v) is 61.9. The van der Waals surface area contributed by atoms with Crippen molar-refractivity contribution in [2.24, 2.45) is 0 Å². The largest absolute Gasteiger partial charge is 0.466 e. The minimum absolute atomic E-state index is 0.0173. The Labute approximate surface area is 570 Å². The third-order valence-corrected chi connectivity index (χ3v) is 19.7. The number of allylic oxidation sites excluding steroid dienone is 6. The first-order valence-corrected chi connectivity index (χ1v) is 41.7. The zero-order chi connectivity index (χ0) is 65.6. The van der Waals surface area contributed by atoms with E-state index in [9.17, 15) is 19.8 Å². The highest BCUT2D eigenvalue weighted by Crippen LogP contribution is 2.20. The van der Waals surface area contributed by atoms with E-state index in [0.29, 0.717) is 25.9 Å². The van der Waals surface area contributed by atoms with Crippen molar-refractivity contribution < 1.29 is 24.5 Å². The molecule has 0 rings (SSSR count). The molecule has 0 saturated carbocycles. The maximum Gasteiger partial charge on any atom is 0.305 e. The van der Waals surface area contributed by atoms with Crippen LogP contribution in [0.3, 0.4) is 0 Å².